The molecule has 0 amide bonds. The van der Waals surface area contributed by atoms with Gasteiger partial charge in [0.2, 0.25) is 0 Å². The van der Waals surface area contributed by atoms with Gasteiger partial charge in [0.1, 0.15) is 21.8 Å². The number of halogens is 1. The maximum Gasteiger partial charge on any atom is 0.169 e. The molecule has 3 rings (SSSR count). The van der Waals surface area contributed by atoms with E-state index >= 15 is 0 Å². The summed E-state index contributed by atoms with van der Waals surface area (Å²) in [4.78, 5) is 0. The van der Waals surface area contributed by atoms with Crippen LogP contribution in [-0.2, 0) is 11.4 Å². The summed E-state index contributed by atoms with van der Waals surface area (Å²) in [7, 11) is 0. The molecule has 1 aromatic heterocycles. The molecule has 0 spiro atoms. The summed E-state index contributed by atoms with van der Waals surface area (Å²) >= 11 is 4.67. The Morgan fingerprint density at radius 2 is 1.96 bits per heavy atom. The summed E-state index contributed by atoms with van der Waals surface area (Å²) in [6.07, 6.45) is 1.63. The molecule has 3 aromatic rings. The summed E-state index contributed by atoms with van der Waals surface area (Å²) < 4.78 is 21.3. The van der Waals surface area contributed by atoms with Crippen molar-refractivity contribution in [2.75, 3.05) is 0 Å². The molecule has 0 aliphatic heterocycles. The molecule has 0 fully saturated rings. The van der Waals surface area contributed by atoms with Crippen molar-refractivity contribution in [3.8, 4) is 11.3 Å². The standard InChI is InChI=1S/C18H17ClN2O2S/c1-18(2,3)24(22)20-11-12-6-4-5-7-14(12)17-15-9-8-13(19)10-16(15)23-21-17/h4-11H,1-3H3. The highest BCUT2D eigenvalue weighted by Crippen LogP contribution is 2.31. The number of fused-ring (bicyclic) bond motifs is 1. The average Bonchev–Trinajstić information content (AvgIpc) is 2.94. The van der Waals surface area contributed by atoms with E-state index in [0.717, 1.165) is 16.5 Å². The van der Waals surface area contributed by atoms with Crippen LogP contribution in [0.4, 0.5) is 0 Å². The van der Waals surface area contributed by atoms with E-state index in [4.69, 9.17) is 16.1 Å². The fraction of sp³-hybridized carbons (Fsp3) is 0.222. The predicted molar refractivity (Wildman–Crippen MR) is 99.9 cm³/mol. The van der Waals surface area contributed by atoms with E-state index in [1.165, 1.54) is 0 Å². The Morgan fingerprint density at radius 3 is 2.71 bits per heavy atom. The van der Waals surface area contributed by atoms with E-state index < -0.39 is 16.1 Å². The van der Waals surface area contributed by atoms with Gasteiger partial charge in [-0.2, -0.15) is 0 Å². The van der Waals surface area contributed by atoms with Crippen molar-refractivity contribution in [3.05, 3.63) is 53.1 Å². The Morgan fingerprint density at radius 1 is 1.21 bits per heavy atom. The minimum absolute atomic E-state index is 0.400. The summed E-state index contributed by atoms with van der Waals surface area (Å²) in [5, 5.41) is 5.64. The van der Waals surface area contributed by atoms with Crippen molar-refractivity contribution in [1.82, 2.24) is 5.16 Å². The average molecular weight is 361 g/mol. The number of nitrogens with zero attached hydrogens (tertiary/aromatic N) is 2. The molecule has 6 heteroatoms. The van der Waals surface area contributed by atoms with Crippen molar-refractivity contribution in [1.29, 1.82) is 0 Å². The maximum absolute atomic E-state index is 12.1. The van der Waals surface area contributed by atoms with Gasteiger partial charge in [-0.25, -0.2) is 0 Å². The van der Waals surface area contributed by atoms with Crippen LogP contribution < -0.4 is 0 Å². The summed E-state index contributed by atoms with van der Waals surface area (Å²) in [6, 6.07) is 13.1. The molecule has 0 saturated heterocycles. The lowest BCUT2D eigenvalue weighted by atomic mass is 10.0. The second kappa shape index (κ2) is 6.59. The lowest BCUT2D eigenvalue weighted by Gasteiger charge is -2.17. The van der Waals surface area contributed by atoms with Gasteiger partial charge < -0.3 is 9.08 Å². The lowest BCUT2D eigenvalue weighted by molar-refractivity contribution is 0.459. The van der Waals surface area contributed by atoms with Crippen LogP contribution >= 0.6 is 11.6 Å². The molecular formula is C18H17ClN2O2S. The zero-order chi connectivity index (χ0) is 17.3. The minimum Gasteiger partial charge on any atom is -0.591 e. The summed E-state index contributed by atoms with van der Waals surface area (Å²) in [6.45, 7) is 5.67. The maximum atomic E-state index is 12.1. The molecule has 1 unspecified atom stereocenters. The molecule has 0 aliphatic carbocycles. The lowest BCUT2D eigenvalue weighted by Crippen LogP contribution is -2.25. The molecule has 0 radical (unpaired) electrons. The molecule has 0 N–H and O–H groups in total. The number of aromatic nitrogens is 1. The number of benzene rings is 2. The second-order valence-electron chi connectivity index (χ2n) is 6.35. The number of hydrogen-bond donors (Lipinski definition) is 0. The van der Waals surface area contributed by atoms with Gasteiger partial charge in [0.25, 0.3) is 0 Å². The van der Waals surface area contributed by atoms with E-state index in [-0.39, 0.29) is 0 Å². The van der Waals surface area contributed by atoms with Crippen LogP contribution in [0.3, 0.4) is 0 Å². The SMILES string of the molecule is CC(C)(C)[S+]([O-])N=Cc1ccccc1-c1noc2cc(Cl)ccc12. The molecule has 24 heavy (non-hydrogen) atoms. The Bertz CT molecular complexity index is 899. The van der Waals surface area contributed by atoms with Crippen LogP contribution in [0, 0.1) is 0 Å². The van der Waals surface area contributed by atoms with Crippen molar-refractivity contribution < 1.29 is 9.08 Å². The smallest absolute Gasteiger partial charge is 0.169 e. The minimum atomic E-state index is -1.31. The molecule has 124 valence electrons. The predicted octanol–water partition coefficient (Wildman–Crippen LogP) is 5.03. The first-order valence-electron chi connectivity index (χ1n) is 7.46. The monoisotopic (exact) mass is 360 g/mol. The molecular weight excluding hydrogens is 344 g/mol. The molecule has 1 atom stereocenters. The Kier molecular flexibility index (Phi) is 4.67. The molecule has 4 nitrogen and oxygen atoms in total. The van der Waals surface area contributed by atoms with Gasteiger partial charge in [-0.15, -0.1) is 0 Å². The summed E-state index contributed by atoms with van der Waals surface area (Å²) in [5.74, 6) is 0. The van der Waals surface area contributed by atoms with Crippen LogP contribution in [-0.4, -0.2) is 20.7 Å². The zero-order valence-corrected chi connectivity index (χ0v) is 15.2. The van der Waals surface area contributed by atoms with Gasteiger partial charge in [0, 0.05) is 27.6 Å². The largest absolute Gasteiger partial charge is 0.591 e. The van der Waals surface area contributed by atoms with E-state index in [9.17, 15) is 4.55 Å². The summed E-state index contributed by atoms with van der Waals surface area (Å²) in [5.41, 5.74) is 3.04. The van der Waals surface area contributed by atoms with Gasteiger partial charge in [-0.1, -0.05) is 45.4 Å². The van der Waals surface area contributed by atoms with E-state index in [1.54, 1.807) is 18.3 Å². The van der Waals surface area contributed by atoms with Crippen molar-refractivity contribution in [2.24, 2.45) is 4.40 Å². The zero-order valence-electron chi connectivity index (χ0n) is 13.6. The van der Waals surface area contributed by atoms with Crippen LogP contribution in [0.5, 0.6) is 0 Å². The Labute approximate surface area is 148 Å². The van der Waals surface area contributed by atoms with Gasteiger partial charge >= 0.3 is 0 Å². The van der Waals surface area contributed by atoms with Crippen molar-refractivity contribution in [3.63, 3.8) is 0 Å². The quantitative estimate of drug-likeness (QED) is 0.486. The molecule has 0 bridgehead atoms. The highest BCUT2D eigenvalue weighted by Gasteiger charge is 2.26. The van der Waals surface area contributed by atoms with E-state index in [0.29, 0.717) is 16.3 Å². The van der Waals surface area contributed by atoms with Gasteiger partial charge in [-0.3, -0.25) is 0 Å². The van der Waals surface area contributed by atoms with Crippen LogP contribution in [0.25, 0.3) is 22.2 Å². The fourth-order valence-corrected chi connectivity index (χ4v) is 2.88. The van der Waals surface area contributed by atoms with E-state index in [2.05, 4.69) is 9.55 Å². The highest BCUT2D eigenvalue weighted by molar-refractivity contribution is 7.91. The third-order valence-electron chi connectivity index (χ3n) is 3.46. The van der Waals surface area contributed by atoms with Crippen molar-refractivity contribution >= 4 is 40.1 Å². The van der Waals surface area contributed by atoms with Crippen molar-refractivity contribution in [2.45, 2.75) is 25.5 Å². The van der Waals surface area contributed by atoms with Gasteiger partial charge in [-0.05, 0) is 32.9 Å². The number of hydrogen-bond acceptors (Lipinski definition) is 4. The van der Waals surface area contributed by atoms with Crippen LogP contribution in [0.1, 0.15) is 26.3 Å². The third-order valence-corrected chi connectivity index (χ3v) is 5.04. The first-order chi connectivity index (χ1) is 11.4. The molecule has 0 aliphatic rings. The van der Waals surface area contributed by atoms with E-state index in [1.807, 2.05) is 51.1 Å². The van der Waals surface area contributed by atoms with Gasteiger partial charge in [0.05, 0.1) is 6.21 Å². The second-order valence-corrected chi connectivity index (χ2v) is 8.73. The third kappa shape index (κ3) is 3.48. The number of rotatable bonds is 3. The van der Waals surface area contributed by atoms with Gasteiger partial charge in [0.15, 0.2) is 5.58 Å². The fourth-order valence-electron chi connectivity index (χ4n) is 2.19. The molecule has 1 heterocycles. The molecule has 0 saturated carbocycles. The first-order valence-corrected chi connectivity index (χ1v) is 8.95. The molecule has 2 aromatic carbocycles. The highest BCUT2D eigenvalue weighted by atomic mass is 35.5. The Balaban J connectivity index is 2.04. The Hall–Kier alpha value is -1.82. The normalized spacial score (nSPS) is 13.7. The first kappa shape index (κ1) is 17.0. The van der Waals surface area contributed by atoms with Crippen LogP contribution in [0.15, 0.2) is 51.4 Å². The van der Waals surface area contributed by atoms with Crippen LogP contribution in [0.2, 0.25) is 5.02 Å². The topological polar surface area (TPSA) is 61.5 Å².